The SMILES string of the molecule is NC(=S)c1cccc(NC(=O)Cc2ccccc2)c1. The van der Waals surface area contributed by atoms with Crippen LogP contribution in [0.25, 0.3) is 0 Å². The van der Waals surface area contributed by atoms with Gasteiger partial charge in [-0.2, -0.15) is 0 Å². The van der Waals surface area contributed by atoms with E-state index in [9.17, 15) is 4.79 Å². The van der Waals surface area contributed by atoms with Crippen molar-refractivity contribution in [2.45, 2.75) is 6.42 Å². The van der Waals surface area contributed by atoms with Crippen molar-refractivity contribution < 1.29 is 4.79 Å². The fourth-order valence-electron chi connectivity index (χ4n) is 1.74. The van der Waals surface area contributed by atoms with E-state index >= 15 is 0 Å². The highest BCUT2D eigenvalue weighted by molar-refractivity contribution is 7.80. The number of rotatable bonds is 4. The zero-order chi connectivity index (χ0) is 13.7. The molecule has 0 unspecified atom stereocenters. The van der Waals surface area contributed by atoms with Crippen LogP contribution < -0.4 is 11.1 Å². The van der Waals surface area contributed by atoms with Gasteiger partial charge in [-0.3, -0.25) is 4.79 Å². The number of carbonyl (C=O) groups is 1. The second-order valence-corrected chi connectivity index (χ2v) is 4.60. The summed E-state index contributed by atoms with van der Waals surface area (Å²) in [6.07, 6.45) is 0.345. The Morgan fingerprint density at radius 3 is 2.53 bits per heavy atom. The van der Waals surface area contributed by atoms with Crippen LogP contribution >= 0.6 is 12.2 Å². The third-order valence-corrected chi connectivity index (χ3v) is 2.87. The van der Waals surface area contributed by atoms with Gasteiger partial charge in [-0.1, -0.05) is 54.7 Å². The van der Waals surface area contributed by atoms with Crippen molar-refractivity contribution in [3.63, 3.8) is 0 Å². The molecule has 2 aromatic carbocycles. The summed E-state index contributed by atoms with van der Waals surface area (Å²) < 4.78 is 0. The normalized spacial score (nSPS) is 9.89. The Kier molecular flexibility index (Phi) is 4.26. The zero-order valence-corrected chi connectivity index (χ0v) is 11.1. The molecule has 0 aliphatic heterocycles. The fourth-order valence-corrected chi connectivity index (χ4v) is 1.86. The molecule has 96 valence electrons. The van der Waals surface area contributed by atoms with E-state index in [-0.39, 0.29) is 5.91 Å². The molecule has 0 fully saturated rings. The maximum atomic E-state index is 11.9. The van der Waals surface area contributed by atoms with Crippen molar-refractivity contribution >= 4 is 28.8 Å². The Balaban J connectivity index is 2.03. The zero-order valence-electron chi connectivity index (χ0n) is 10.3. The molecule has 2 aromatic rings. The van der Waals surface area contributed by atoms with Crippen LogP contribution in [0.2, 0.25) is 0 Å². The minimum atomic E-state index is -0.0636. The van der Waals surface area contributed by atoms with Gasteiger partial charge >= 0.3 is 0 Å². The Bertz CT molecular complexity index is 596. The molecule has 0 aliphatic rings. The second kappa shape index (κ2) is 6.11. The molecular formula is C15H14N2OS. The number of carbonyl (C=O) groups excluding carboxylic acids is 1. The van der Waals surface area contributed by atoms with Crippen LogP contribution in [-0.4, -0.2) is 10.9 Å². The third-order valence-electron chi connectivity index (χ3n) is 2.64. The van der Waals surface area contributed by atoms with Gasteiger partial charge in [0.2, 0.25) is 5.91 Å². The highest BCUT2D eigenvalue weighted by Crippen LogP contribution is 2.11. The predicted octanol–water partition coefficient (Wildman–Crippen LogP) is 2.50. The summed E-state index contributed by atoms with van der Waals surface area (Å²) in [7, 11) is 0. The van der Waals surface area contributed by atoms with Gasteiger partial charge in [0, 0.05) is 11.3 Å². The highest BCUT2D eigenvalue weighted by Gasteiger charge is 2.05. The number of thiocarbonyl (C=S) groups is 1. The molecule has 4 heteroatoms. The summed E-state index contributed by atoms with van der Waals surface area (Å²) in [6.45, 7) is 0. The first-order valence-electron chi connectivity index (χ1n) is 5.89. The van der Waals surface area contributed by atoms with Gasteiger partial charge in [-0.05, 0) is 17.7 Å². The van der Waals surface area contributed by atoms with Crippen molar-refractivity contribution in [3.05, 3.63) is 65.7 Å². The topological polar surface area (TPSA) is 55.1 Å². The summed E-state index contributed by atoms with van der Waals surface area (Å²) in [5, 5.41) is 2.83. The standard InChI is InChI=1S/C15H14N2OS/c16-15(19)12-7-4-8-13(10-12)17-14(18)9-11-5-2-1-3-6-11/h1-8,10H,9H2,(H2,16,19)(H,17,18). The van der Waals surface area contributed by atoms with Crippen molar-refractivity contribution in [2.75, 3.05) is 5.32 Å². The van der Waals surface area contributed by atoms with E-state index in [1.54, 1.807) is 6.07 Å². The number of nitrogens with two attached hydrogens (primary N) is 1. The third kappa shape index (κ3) is 3.89. The summed E-state index contributed by atoms with van der Waals surface area (Å²) in [4.78, 5) is 12.2. The number of nitrogens with one attached hydrogen (secondary N) is 1. The van der Waals surface area contributed by atoms with E-state index in [4.69, 9.17) is 18.0 Å². The molecule has 0 aliphatic carbocycles. The van der Waals surface area contributed by atoms with Crippen molar-refractivity contribution in [1.82, 2.24) is 0 Å². The van der Waals surface area contributed by atoms with Crippen molar-refractivity contribution in [1.29, 1.82) is 0 Å². The fraction of sp³-hybridized carbons (Fsp3) is 0.0667. The first-order chi connectivity index (χ1) is 9.15. The molecule has 19 heavy (non-hydrogen) atoms. The Morgan fingerprint density at radius 2 is 1.84 bits per heavy atom. The van der Waals surface area contributed by atoms with Gasteiger partial charge in [-0.15, -0.1) is 0 Å². The van der Waals surface area contributed by atoms with E-state index in [1.165, 1.54) is 0 Å². The maximum Gasteiger partial charge on any atom is 0.228 e. The lowest BCUT2D eigenvalue weighted by atomic mass is 10.1. The van der Waals surface area contributed by atoms with Crippen molar-refractivity contribution in [3.8, 4) is 0 Å². The largest absolute Gasteiger partial charge is 0.389 e. The second-order valence-electron chi connectivity index (χ2n) is 4.16. The van der Waals surface area contributed by atoms with E-state index in [0.29, 0.717) is 17.1 Å². The molecule has 0 spiro atoms. The van der Waals surface area contributed by atoms with Crippen LogP contribution in [0.5, 0.6) is 0 Å². The van der Waals surface area contributed by atoms with Gasteiger partial charge in [0.05, 0.1) is 6.42 Å². The van der Waals surface area contributed by atoms with Crippen LogP contribution in [0.4, 0.5) is 5.69 Å². The summed E-state index contributed by atoms with van der Waals surface area (Å²) in [5.74, 6) is -0.0636. The molecule has 1 amide bonds. The predicted molar refractivity (Wildman–Crippen MR) is 81.1 cm³/mol. The number of amides is 1. The molecule has 0 atom stereocenters. The van der Waals surface area contributed by atoms with Crippen LogP contribution in [0.3, 0.4) is 0 Å². The molecule has 0 aromatic heterocycles. The first-order valence-corrected chi connectivity index (χ1v) is 6.29. The van der Waals surface area contributed by atoms with Crippen LogP contribution in [0.15, 0.2) is 54.6 Å². The van der Waals surface area contributed by atoms with Crippen molar-refractivity contribution in [2.24, 2.45) is 5.73 Å². The van der Waals surface area contributed by atoms with E-state index < -0.39 is 0 Å². The van der Waals surface area contributed by atoms with Crippen LogP contribution in [0, 0.1) is 0 Å². The molecule has 0 radical (unpaired) electrons. The number of anilines is 1. The minimum Gasteiger partial charge on any atom is -0.389 e. The highest BCUT2D eigenvalue weighted by atomic mass is 32.1. The lowest BCUT2D eigenvalue weighted by Crippen LogP contribution is -2.15. The number of hydrogen-bond acceptors (Lipinski definition) is 2. The van der Waals surface area contributed by atoms with E-state index in [0.717, 1.165) is 11.1 Å². The smallest absolute Gasteiger partial charge is 0.228 e. The van der Waals surface area contributed by atoms with Gasteiger partial charge in [0.1, 0.15) is 4.99 Å². The lowest BCUT2D eigenvalue weighted by Gasteiger charge is -2.07. The number of hydrogen-bond donors (Lipinski definition) is 2. The van der Waals surface area contributed by atoms with Crippen LogP contribution in [-0.2, 0) is 11.2 Å². The molecule has 0 bridgehead atoms. The molecule has 2 rings (SSSR count). The Morgan fingerprint density at radius 1 is 1.11 bits per heavy atom. The van der Waals surface area contributed by atoms with Gasteiger partial charge in [-0.25, -0.2) is 0 Å². The summed E-state index contributed by atoms with van der Waals surface area (Å²) >= 11 is 4.91. The van der Waals surface area contributed by atoms with E-state index in [1.807, 2.05) is 48.5 Å². The lowest BCUT2D eigenvalue weighted by molar-refractivity contribution is -0.115. The molecule has 3 nitrogen and oxygen atoms in total. The first kappa shape index (κ1) is 13.2. The van der Waals surface area contributed by atoms with Gasteiger partial charge < -0.3 is 11.1 Å². The molecular weight excluding hydrogens is 256 g/mol. The summed E-state index contributed by atoms with van der Waals surface area (Å²) in [6, 6.07) is 16.8. The monoisotopic (exact) mass is 270 g/mol. The molecule has 0 saturated carbocycles. The molecule has 3 N–H and O–H groups in total. The van der Waals surface area contributed by atoms with Gasteiger partial charge in [0.15, 0.2) is 0 Å². The molecule has 0 heterocycles. The number of benzene rings is 2. The Hall–Kier alpha value is -2.20. The quantitative estimate of drug-likeness (QED) is 0.839. The summed E-state index contributed by atoms with van der Waals surface area (Å²) in [5.41, 5.74) is 7.98. The minimum absolute atomic E-state index is 0.0636. The maximum absolute atomic E-state index is 11.9. The average molecular weight is 270 g/mol. The van der Waals surface area contributed by atoms with Gasteiger partial charge in [0.25, 0.3) is 0 Å². The van der Waals surface area contributed by atoms with Crippen LogP contribution in [0.1, 0.15) is 11.1 Å². The average Bonchev–Trinajstić information content (AvgIpc) is 2.40. The Labute approximate surface area is 117 Å². The van der Waals surface area contributed by atoms with E-state index in [2.05, 4.69) is 5.32 Å². The molecule has 0 saturated heterocycles.